The average Bonchev–Trinajstić information content (AvgIpc) is 2.74. The fourth-order valence-electron chi connectivity index (χ4n) is 2.92. The van der Waals surface area contributed by atoms with Gasteiger partial charge in [-0.3, -0.25) is 4.79 Å². The summed E-state index contributed by atoms with van der Waals surface area (Å²) in [7, 11) is 0. The molecule has 2 aromatic heterocycles. The van der Waals surface area contributed by atoms with Crippen LogP contribution in [0.4, 0.5) is 5.82 Å². The van der Waals surface area contributed by atoms with E-state index in [0.717, 1.165) is 54.6 Å². The van der Waals surface area contributed by atoms with E-state index in [0.29, 0.717) is 0 Å². The zero-order valence-corrected chi connectivity index (χ0v) is 14.7. The molecule has 0 radical (unpaired) electrons. The number of anilines is 1. The molecule has 23 heavy (non-hydrogen) atoms. The average molecular weight is 330 g/mol. The van der Waals surface area contributed by atoms with Gasteiger partial charge in [-0.15, -0.1) is 16.4 Å². The van der Waals surface area contributed by atoms with Crippen LogP contribution < -0.4 is 4.90 Å². The normalized spacial score (nSPS) is 15.6. The quantitative estimate of drug-likeness (QED) is 0.849. The maximum absolute atomic E-state index is 12.8. The Kier molecular flexibility index (Phi) is 4.61. The molecule has 0 unspecified atom stereocenters. The minimum Gasteiger partial charge on any atom is -0.353 e. The van der Waals surface area contributed by atoms with Crippen molar-refractivity contribution >= 4 is 23.1 Å². The minimum atomic E-state index is 0.156. The van der Waals surface area contributed by atoms with Gasteiger partial charge in [-0.25, -0.2) is 0 Å². The number of hydrogen-bond acceptors (Lipinski definition) is 5. The van der Waals surface area contributed by atoms with E-state index in [4.69, 9.17) is 0 Å². The highest BCUT2D eigenvalue weighted by Crippen LogP contribution is 2.23. The van der Waals surface area contributed by atoms with Crippen molar-refractivity contribution in [2.45, 2.75) is 27.2 Å². The zero-order valence-electron chi connectivity index (χ0n) is 13.9. The van der Waals surface area contributed by atoms with Gasteiger partial charge in [0, 0.05) is 35.9 Å². The SMILES string of the molecule is Cc1ccc(N2CCCN(C(=O)c3cc(C)sc3C)CC2)nn1. The zero-order chi connectivity index (χ0) is 16.4. The number of carbonyl (C=O) groups is 1. The molecule has 1 amide bonds. The molecule has 2 aromatic rings. The summed E-state index contributed by atoms with van der Waals surface area (Å²) < 4.78 is 0. The lowest BCUT2D eigenvalue weighted by Gasteiger charge is -2.22. The van der Waals surface area contributed by atoms with Crippen molar-refractivity contribution in [1.82, 2.24) is 15.1 Å². The Bertz CT molecular complexity index is 695. The first-order valence-corrected chi connectivity index (χ1v) is 8.78. The topological polar surface area (TPSA) is 49.3 Å². The fourth-order valence-corrected chi connectivity index (χ4v) is 3.84. The number of nitrogens with zero attached hydrogens (tertiary/aromatic N) is 4. The predicted octanol–water partition coefficient (Wildman–Crippen LogP) is 2.82. The van der Waals surface area contributed by atoms with Crippen LogP contribution >= 0.6 is 11.3 Å². The van der Waals surface area contributed by atoms with Crippen LogP contribution in [0.25, 0.3) is 0 Å². The Hall–Kier alpha value is -1.95. The van der Waals surface area contributed by atoms with Crippen molar-refractivity contribution in [2.24, 2.45) is 0 Å². The molecule has 5 nitrogen and oxygen atoms in total. The van der Waals surface area contributed by atoms with Crippen LogP contribution in [0.2, 0.25) is 0 Å². The Morgan fingerprint density at radius 2 is 1.91 bits per heavy atom. The largest absolute Gasteiger partial charge is 0.353 e. The van der Waals surface area contributed by atoms with E-state index in [1.165, 1.54) is 4.88 Å². The molecule has 0 atom stereocenters. The summed E-state index contributed by atoms with van der Waals surface area (Å²) in [4.78, 5) is 19.2. The van der Waals surface area contributed by atoms with Crippen molar-refractivity contribution in [1.29, 1.82) is 0 Å². The standard InChI is InChI=1S/C17H22N4OS/c1-12-5-6-16(19-18-12)20-7-4-8-21(10-9-20)17(22)15-11-13(2)23-14(15)3/h5-6,11H,4,7-10H2,1-3H3. The second-order valence-electron chi connectivity index (χ2n) is 5.99. The number of carbonyl (C=O) groups excluding carboxylic acids is 1. The predicted molar refractivity (Wildman–Crippen MR) is 93.3 cm³/mol. The maximum Gasteiger partial charge on any atom is 0.255 e. The Morgan fingerprint density at radius 1 is 1.09 bits per heavy atom. The molecule has 122 valence electrons. The van der Waals surface area contributed by atoms with Crippen LogP contribution in [-0.2, 0) is 0 Å². The lowest BCUT2D eigenvalue weighted by atomic mass is 10.2. The second-order valence-corrected chi connectivity index (χ2v) is 7.45. The van der Waals surface area contributed by atoms with Gasteiger partial charge in [0.05, 0.1) is 11.3 Å². The molecule has 1 fully saturated rings. The molecule has 1 aliphatic rings. The van der Waals surface area contributed by atoms with Crippen LogP contribution in [0.15, 0.2) is 18.2 Å². The summed E-state index contributed by atoms with van der Waals surface area (Å²) >= 11 is 1.69. The van der Waals surface area contributed by atoms with Gasteiger partial charge in [-0.1, -0.05) is 0 Å². The summed E-state index contributed by atoms with van der Waals surface area (Å²) in [5, 5.41) is 8.39. The van der Waals surface area contributed by atoms with E-state index in [-0.39, 0.29) is 5.91 Å². The molecule has 1 aliphatic heterocycles. The number of aromatic nitrogens is 2. The van der Waals surface area contributed by atoms with Gasteiger partial charge in [-0.05, 0) is 45.4 Å². The molecule has 1 saturated heterocycles. The van der Waals surface area contributed by atoms with Crippen LogP contribution in [0.1, 0.15) is 32.2 Å². The van der Waals surface area contributed by atoms with E-state index >= 15 is 0 Å². The van der Waals surface area contributed by atoms with Gasteiger partial charge in [0.25, 0.3) is 5.91 Å². The molecule has 0 saturated carbocycles. The van der Waals surface area contributed by atoms with Crippen molar-refractivity contribution in [2.75, 3.05) is 31.1 Å². The van der Waals surface area contributed by atoms with Gasteiger partial charge in [-0.2, -0.15) is 5.10 Å². The summed E-state index contributed by atoms with van der Waals surface area (Å²) in [5.74, 6) is 1.05. The van der Waals surface area contributed by atoms with Crippen molar-refractivity contribution in [3.8, 4) is 0 Å². The molecule has 0 N–H and O–H groups in total. The smallest absolute Gasteiger partial charge is 0.255 e. The van der Waals surface area contributed by atoms with Gasteiger partial charge in [0.1, 0.15) is 0 Å². The van der Waals surface area contributed by atoms with Gasteiger partial charge < -0.3 is 9.80 Å². The van der Waals surface area contributed by atoms with E-state index in [9.17, 15) is 4.79 Å². The lowest BCUT2D eigenvalue weighted by molar-refractivity contribution is 0.0767. The molecular weight excluding hydrogens is 308 g/mol. The molecular formula is C17H22N4OS. The third-order valence-electron chi connectivity index (χ3n) is 4.16. The third-order valence-corrected chi connectivity index (χ3v) is 5.13. The molecule has 3 heterocycles. The number of hydrogen-bond donors (Lipinski definition) is 0. The van der Waals surface area contributed by atoms with Gasteiger partial charge in [0.15, 0.2) is 5.82 Å². The highest BCUT2D eigenvalue weighted by Gasteiger charge is 2.23. The first-order valence-electron chi connectivity index (χ1n) is 7.96. The third kappa shape index (κ3) is 3.52. The molecule has 0 aliphatic carbocycles. The first-order chi connectivity index (χ1) is 11.0. The van der Waals surface area contributed by atoms with Crippen LogP contribution in [0.3, 0.4) is 0 Å². The number of aryl methyl sites for hydroxylation is 3. The molecule has 6 heteroatoms. The second kappa shape index (κ2) is 6.66. The van der Waals surface area contributed by atoms with Gasteiger partial charge in [0.2, 0.25) is 0 Å². The van der Waals surface area contributed by atoms with E-state index in [1.807, 2.05) is 36.9 Å². The Labute approximate surface area is 140 Å². The van der Waals surface area contributed by atoms with Crippen molar-refractivity contribution < 1.29 is 4.79 Å². The maximum atomic E-state index is 12.8. The van der Waals surface area contributed by atoms with Crippen LogP contribution in [0.5, 0.6) is 0 Å². The monoisotopic (exact) mass is 330 g/mol. The first kappa shape index (κ1) is 15.9. The van der Waals surface area contributed by atoms with Crippen LogP contribution in [-0.4, -0.2) is 47.2 Å². The Morgan fingerprint density at radius 3 is 2.57 bits per heavy atom. The summed E-state index contributed by atoms with van der Waals surface area (Å²) in [6.45, 7) is 9.23. The minimum absolute atomic E-state index is 0.156. The van der Waals surface area contributed by atoms with Crippen molar-refractivity contribution in [3.05, 3.63) is 39.2 Å². The molecule has 0 spiro atoms. The molecule has 0 aromatic carbocycles. The summed E-state index contributed by atoms with van der Waals surface area (Å²) in [5.41, 5.74) is 1.78. The highest BCUT2D eigenvalue weighted by atomic mass is 32.1. The van der Waals surface area contributed by atoms with Crippen molar-refractivity contribution in [3.63, 3.8) is 0 Å². The lowest BCUT2D eigenvalue weighted by Crippen LogP contribution is -2.35. The summed E-state index contributed by atoms with van der Waals surface area (Å²) in [6.07, 6.45) is 0.948. The summed E-state index contributed by atoms with van der Waals surface area (Å²) in [6, 6.07) is 6.00. The Balaban J connectivity index is 1.69. The molecule has 0 bridgehead atoms. The van der Waals surface area contributed by atoms with E-state index in [2.05, 4.69) is 22.0 Å². The number of rotatable bonds is 2. The van der Waals surface area contributed by atoms with Gasteiger partial charge >= 0.3 is 0 Å². The van der Waals surface area contributed by atoms with Crippen LogP contribution in [0, 0.1) is 20.8 Å². The highest BCUT2D eigenvalue weighted by molar-refractivity contribution is 7.12. The van der Waals surface area contributed by atoms with E-state index in [1.54, 1.807) is 11.3 Å². The number of amides is 1. The van der Waals surface area contributed by atoms with E-state index < -0.39 is 0 Å². The fraction of sp³-hybridized carbons (Fsp3) is 0.471. The number of thiophene rings is 1. The molecule has 3 rings (SSSR count).